The van der Waals surface area contributed by atoms with Crippen LogP contribution < -0.4 is 4.90 Å². The van der Waals surface area contributed by atoms with Crippen molar-refractivity contribution in [1.29, 1.82) is 0 Å². The molecule has 1 heterocycles. The third kappa shape index (κ3) is 8.66. The van der Waals surface area contributed by atoms with E-state index in [0.29, 0.717) is 34.9 Å². The van der Waals surface area contributed by atoms with Crippen LogP contribution in [0.3, 0.4) is 0 Å². The molecule has 0 bridgehead atoms. The smallest absolute Gasteiger partial charge is 0.338 e. The monoisotopic (exact) mass is 551 g/mol. The van der Waals surface area contributed by atoms with Gasteiger partial charge in [0.2, 0.25) is 0 Å². The second-order valence-electron chi connectivity index (χ2n) is 9.56. The number of carbonyl (C=O) groups excluding carboxylic acids is 1. The molecular weight excluding hydrogens is 514 g/mol. The molecule has 208 valence electrons. The third-order valence-corrected chi connectivity index (χ3v) is 7.26. The molecule has 2 N–H and O–H groups in total. The maximum absolute atomic E-state index is 12.0. The number of anilines is 1. The minimum absolute atomic E-state index is 0.161. The standard InChI is InChI=1S/C17H27NO2.C13H10N2O3S/c1-5-7-8-14(6-2)13-20-17(19)15-9-11-16(12-10-15)18(3)4;16-19(17,18)10-6-7-11-12(8-10)15-13(14-11)9-4-2-1-3-5-9/h9-12,14H,5-8,13H2,1-4H3;1-8H,(H,14,15)(H,16,17,18). The van der Waals surface area contributed by atoms with Crippen LogP contribution in [-0.2, 0) is 14.9 Å². The molecular formula is C30H37N3O5S. The van der Waals surface area contributed by atoms with Crippen LogP contribution in [0.4, 0.5) is 5.69 Å². The third-order valence-electron chi connectivity index (χ3n) is 6.41. The van der Waals surface area contributed by atoms with E-state index < -0.39 is 10.1 Å². The van der Waals surface area contributed by atoms with Crippen LogP contribution in [0.2, 0.25) is 0 Å². The fourth-order valence-electron chi connectivity index (χ4n) is 3.95. The van der Waals surface area contributed by atoms with Gasteiger partial charge in [0, 0.05) is 25.3 Å². The number of fused-ring (bicyclic) bond motifs is 1. The highest BCUT2D eigenvalue weighted by molar-refractivity contribution is 7.85. The van der Waals surface area contributed by atoms with Crippen molar-refractivity contribution in [3.8, 4) is 11.4 Å². The maximum Gasteiger partial charge on any atom is 0.338 e. The first-order valence-corrected chi connectivity index (χ1v) is 14.5. The molecule has 0 saturated heterocycles. The molecule has 9 heteroatoms. The van der Waals surface area contributed by atoms with Crippen molar-refractivity contribution < 1.29 is 22.5 Å². The predicted octanol–water partition coefficient (Wildman–Crippen LogP) is 6.60. The van der Waals surface area contributed by atoms with Crippen molar-refractivity contribution in [2.75, 3.05) is 25.6 Å². The highest BCUT2D eigenvalue weighted by atomic mass is 32.2. The zero-order valence-corrected chi connectivity index (χ0v) is 23.7. The Morgan fingerprint density at radius 1 is 1.03 bits per heavy atom. The van der Waals surface area contributed by atoms with Gasteiger partial charge in [0.15, 0.2) is 0 Å². The highest BCUT2D eigenvalue weighted by Gasteiger charge is 2.13. The fraction of sp³-hybridized carbons (Fsp3) is 0.333. The van der Waals surface area contributed by atoms with Gasteiger partial charge in [0.25, 0.3) is 10.1 Å². The average Bonchev–Trinajstić information content (AvgIpc) is 3.37. The Kier molecular flexibility index (Phi) is 10.7. The molecule has 4 rings (SSSR count). The number of H-pyrrole nitrogens is 1. The Balaban J connectivity index is 0.000000216. The summed E-state index contributed by atoms with van der Waals surface area (Å²) >= 11 is 0. The van der Waals surface area contributed by atoms with Crippen molar-refractivity contribution in [2.45, 2.75) is 44.4 Å². The summed E-state index contributed by atoms with van der Waals surface area (Å²) in [5.74, 6) is 0.924. The number of imidazole rings is 1. The lowest BCUT2D eigenvalue weighted by Crippen LogP contribution is -2.14. The Morgan fingerprint density at radius 3 is 2.31 bits per heavy atom. The first-order chi connectivity index (χ1) is 18.6. The predicted molar refractivity (Wildman–Crippen MR) is 156 cm³/mol. The van der Waals surface area contributed by atoms with Crippen molar-refractivity contribution in [3.05, 3.63) is 78.4 Å². The Bertz CT molecular complexity index is 1450. The summed E-state index contributed by atoms with van der Waals surface area (Å²) in [6.45, 7) is 4.87. The van der Waals surface area contributed by atoms with Crippen molar-refractivity contribution in [2.24, 2.45) is 5.92 Å². The summed E-state index contributed by atoms with van der Waals surface area (Å²) in [6, 6.07) is 21.3. The normalized spacial score (nSPS) is 11.9. The van der Waals surface area contributed by atoms with Crippen LogP contribution in [0.5, 0.6) is 0 Å². The lowest BCUT2D eigenvalue weighted by atomic mass is 10.0. The van der Waals surface area contributed by atoms with E-state index in [2.05, 4.69) is 23.8 Å². The number of nitrogens with zero attached hydrogens (tertiary/aromatic N) is 2. The van der Waals surface area contributed by atoms with Crippen LogP contribution in [0, 0.1) is 5.92 Å². The maximum atomic E-state index is 12.0. The topological polar surface area (TPSA) is 113 Å². The second kappa shape index (κ2) is 13.9. The first kappa shape index (κ1) is 29.9. The summed E-state index contributed by atoms with van der Waals surface area (Å²) in [6.07, 6.45) is 4.59. The quantitative estimate of drug-likeness (QED) is 0.169. The number of nitrogens with one attached hydrogen (secondary N) is 1. The molecule has 0 aliphatic rings. The average molecular weight is 552 g/mol. The second-order valence-corrected chi connectivity index (χ2v) is 11.0. The van der Waals surface area contributed by atoms with Crippen LogP contribution in [0.25, 0.3) is 22.4 Å². The van der Waals surface area contributed by atoms with E-state index in [9.17, 15) is 13.2 Å². The number of aromatic amines is 1. The van der Waals surface area contributed by atoms with Gasteiger partial charge in [-0.25, -0.2) is 9.78 Å². The number of unbranched alkanes of at least 4 members (excludes halogenated alkanes) is 1. The van der Waals surface area contributed by atoms with Gasteiger partial charge in [-0.3, -0.25) is 4.55 Å². The van der Waals surface area contributed by atoms with Gasteiger partial charge in [-0.2, -0.15) is 8.42 Å². The minimum atomic E-state index is -4.20. The number of hydrogen-bond donors (Lipinski definition) is 2. The lowest BCUT2D eigenvalue weighted by molar-refractivity contribution is 0.0428. The minimum Gasteiger partial charge on any atom is -0.462 e. The summed E-state index contributed by atoms with van der Waals surface area (Å²) in [7, 11) is -0.245. The molecule has 0 aliphatic carbocycles. The number of carbonyl (C=O) groups is 1. The molecule has 0 radical (unpaired) electrons. The molecule has 4 aromatic rings. The first-order valence-electron chi connectivity index (χ1n) is 13.1. The summed E-state index contributed by atoms with van der Waals surface area (Å²) in [5, 5.41) is 0. The molecule has 1 unspecified atom stereocenters. The van der Waals surface area contributed by atoms with Crippen LogP contribution >= 0.6 is 0 Å². The van der Waals surface area contributed by atoms with Gasteiger partial charge >= 0.3 is 5.97 Å². The Hall–Kier alpha value is -3.69. The fourth-order valence-corrected chi connectivity index (χ4v) is 4.45. The van der Waals surface area contributed by atoms with E-state index >= 15 is 0 Å². The van der Waals surface area contributed by atoms with E-state index in [4.69, 9.17) is 9.29 Å². The molecule has 0 amide bonds. The largest absolute Gasteiger partial charge is 0.462 e. The lowest BCUT2D eigenvalue weighted by Gasteiger charge is -2.15. The Labute approximate surface area is 230 Å². The Morgan fingerprint density at radius 2 is 1.72 bits per heavy atom. The van der Waals surface area contributed by atoms with Crippen LogP contribution in [0.1, 0.15) is 49.9 Å². The van der Waals surface area contributed by atoms with Gasteiger partial charge in [0.05, 0.1) is 28.1 Å². The highest BCUT2D eigenvalue weighted by Crippen LogP contribution is 2.22. The van der Waals surface area contributed by atoms with Gasteiger partial charge in [-0.15, -0.1) is 0 Å². The number of aromatic nitrogens is 2. The van der Waals surface area contributed by atoms with Gasteiger partial charge < -0.3 is 14.6 Å². The van der Waals surface area contributed by atoms with E-state index in [0.717, 1.165) is 24.1 Å². The van der Waals surface area contributed by atoms with Gasteiger partial charge in [-0.05, 0) is 54.8 Å². The van der Waals surface area contributed by atoms with E-state index in [1.165, 1.54) is 25.0 Å². The van der Waals surface area contributed by atoms with Crippen molar-refractivity contribution in [3.63, 3.8) is 0 Å². The molecule has 0 fully saturated rings. The van der Waals surface area contributed by atoms with E-state index in [1.807, 2.05) is 73.6 Å². The summed E-state index contributed by atoms with van der Waals surface area (Å²) < 4.78 is 36.6. The number of ether oxygens (including phenoxy) is 1. The summed E-state index contributed by atoms with van der Waals surface area (Å²) in [4.78, 5) is 21.3. The molecule has 39 heavy (non-hydrogen) atoms. The SMILES string of the molecule is CCCCC(CC)COC(=O)c1ccc(N(C)C)cc1.O=S(=O)(O)c1ccc2[nH]c(-c3ccccc3)nc2c1. The van der Waals surface area contributed by atoms with Crippen LogP contribution in [-0.4, -0.2) is 49.6 Å². The molecule has 0 aliphatic heterocycles. The zero-order chi connectivity index (χ0) is 28.4. The molecule has 1 aromatic heterocycles. The zero-order valence-electron chi connectivity index (χ0n) is 22.9. The van der Waals surface area contributed by atoms with E-state index in [1.54, 1.807) is 6.07 Å². The van der Waals surface area contributed by atoms with Crippen molar-refractivity contribution in [1.82, 2.24) is 9.97 Å². The van der Waals surface area contributed by atoms with Gasteiger partial charge in [0.1, 0.15) is 5.82 Å². The number of esters is 1. The molecule has 8 nitrogen and oxygen atoms in total. The molecule has 3 aromatic carbocycles. The van der Waals surface area contributed by atoms with Crippen molar-refractivity contribution >= 4 is 32.8 Å². The number of rotatable bonds is 10. The molecule has 0 saturated carbocycles. The molecule has 0 spiro atoms. The van der Waals surface area contributed by atoms with Gasteiger partial charge in [-0.1, -0.05) is 63.4 Å². The number of hydrogen-bond acceptors (Lipinski definition) is 6. The molecule has 1 atom stereocenters. The van der Waals surface area contributed by atoms with Crippen LogP contribution in [0.15, 0.2) is 77.7 Å². The summed E-state index contributed by atoms with van der Waals surface area (Å²) in [5.41, 5.74) is 3.82. The van der Waals surface area contributed by atoms with E-state index in [-0.39, 0.29) is 10.9 Å². The number of benzene rings is 3.